The average molecular weight is 279 g/mol. The predicted octanol–water partition coefficient (Wildman–Crippen LogP) is 0.983. The van der Waals surface area contributed by atoms with Gasteiger partial charge in [0.25, 0.3) is 0 Å². The van der Waals surface area contributed by atoms with Gasteiger partial charge in [0.2, 0.25) is 0 Å². The maximum atomic E-state index is 5.86. The first-order valence-corrected chi connectivity index (χ1v) is 7.19. The lowest BCUT2D eigenvalue weighted by Gasteiger charge is -2.22. The van der Waals surface area contributed by atoms with Crippen molar-refractivity contribution in [1.29, 1.82) is 0 Å². The number of anilines is 2. The standard InChI is InChI=1S/C14H25N5O/c1-4-20-10-13-16-12(15)7-14(17-13)19(3)9-11-5-6-18(2)8-11/h7,11H,4-6,8-10H2,1-3H3,(H2,15,16,17). The van der Waals surface area contributed by atoms with Crippen LogP contribution in [0, 0.1) is 5.92 Å². The fraction of sp³-hybridized carbons (Fsp3) is 0.714. The lowest BCUT2D eigenvalue weighted by atomic mass is 10.1. The van der Waals surface area contributed by atoms with E-state index in [1.165, 1.54) is 13.0 Å². The van der Waals surface area contributed by atoms with Gasteiger partial charge in [-0.15, -0.1) is 0 Å². The SMILES string of the molecule is CCOCc1nc(N)cc(N(C)CC2CCN(C)C2)n1. The number of aromatic nitrogens is 2. The number of hydrogen-bond donors (Lipinski definition) is 1. The van der Waals surface area contributed by atoms with Crippen molar-refractivity contribution in [3.63, 3.8) is 0 Å². The molecule has 6 heteroatoms. The van der Waals surface area contributed by atoms with Gasteiger partial charge in [0.15, 0.2) is 5.82 Å². The van der Waals surface area contributed by atoms with Crippen molar-refractivity contribution in [2.24, 2.45) is 5.92 Å². The van der Waals surface area contributed by atoms with Crippen LogP contribution in [0.25, 0.3) is 0 Å². The number of nitrogens with zero attached hydrogens (tertiary/aromatic N) is 4. The summed E-state index contributed by atoms with van der Waals surface area (Å²) < 4.78 is 5.35. The van der Waals surface area contributed by atoms with E-state index in [-0.39, 0.29) is 0 Å². The van der Waals surface area contributed by atoms with Crippen LogP contribution in [0.3, 0.4) is 0 Å². The minimum atomic E-state index is 0.411. The second kappa shape index (κ2) is 6.85. The molecular formula is C14H25N5O. The summed E-state index contributed by atoms with van der Waals surface area (Å²) in [6.07, 6.45) is 1.24. The highest BCUT2D eigenvalue weighted by atomic mass is 16.5. The molecule has 0 bridgehead atoms. The molecule has 1 aromatic heterocycles. The van der Waals surface area contributed by atoms with Gasteiger partial charge in [-0.2, -0.15) is 0 Å². The number of nitrogen functional groups attached to an aromatic ring is 1. The highest BCUT2D eigenvalue weighted by Crippen LogP contribution is 2.19. The first-order chi connectivity index (χ1) is 9.58. The van der Waals surface area contributed by atoms with E-state index in [1.54, 1.807) is 0 Å². The maximum absolute atomic E-state index is 5.86. The highest BCUT2D eigenvalue weighted by Gasteiger charge is 2.21. The Balaban J connectivity index is 2.01. The number of hydrogen-bond acceptors (Lipinski definition) is 6. The minimum absolute atomic E-state index is 0.411. The monoisotopic (exact) mass is 279 g/mol. The highest BCUT2D eigenvalue weighted by molar-refractivity contribution is 5.46. The number of ether oxygens (including phenoxy) is 1. The van der Waals surface area contributed by atoms with Gasteiger partial charge < -0.3 is 20.3 Å². The molecule has 1 aliphatic rings. The Hall–Kier alpha value is -1.40. The van der Waals surface area contributed by atoms with Crippen LogP contribution >= 0.6 is 0 Å². The lowest BCUT2D eigenvalue weighted by molar-refractivity contribution is 0.128. The summed E-state index contributed by atoms with van der Waals surface area (Å²) in [7, 11) is 4.23. The molecule has 0 aliphatic carbocycles. The third-order valence-electron chi connectivity index (χ3n) is 3.63. The zero-order valence-electron chi connectivity index (χ0n) is 12.7. The Morgan fingerprint density at radius 2 is 2.30 bits per heavy atom. The van der Waals surface area contributed by atoms with E-state index in [0.717, 1.165) is 18.9 Å². The largest absolute Gasteiger partial charge is 0.384 e. The summed E-state index contributed by atoms with van der Waals surface area (Å²) in [5.41, 5.74) is 5.86. The Kier molecular flexibility index (Phi) is 5.14. The van der Waals surface area contributed by atoms with Crippen LogP contribution in [0.2, 0.25) is 0 Å². The number of nitrogens with two attached hydrogens (primary N) is 1. The van der Waals surface area contributed by atoms with Crippen molar-refractivity contribution in [2.45, 2.75) is 20.0 Å². The normalized spacial score (nSPS) is 19.4. The third kappa shape index (κ3) is 4.05. The van der Waals surface area contributed by atoms with E-state index in [2.05, 4.69) is 33.9 Å². The van der Waals surface area contributed by atoms with Crippen molar-refractivity contribution in [2.75, 3.05) is 51.0 Å². The molecule has 0 saturated carbocycles. The molecule has 6 nitrogen and oxygen atoms in total. The van der Waals surface area contributed by atoms with Crippen molar-refractivity contribution in [1.82, 2.24) is 14.9 Å². The van der Waals surface area contributed by atoms with Gasteiger partial charge in [0.1, 0.15) is 18.2 Å². The van der Waals surface area contributed by atoms with Gasteiger partial charge in [0.05, 0.1) is 0 Å². The summed E-state index contributed by atoms with van der Waals surface area (Å²) in [5.74, 6) is 2.72. The van der Waals surface area contributed by atoms with E-state index < -0.39 is 0 Å². The molecule has 1 aliphatic heterocycles. The predicted molar refractivity (Wildman–Crippen MR) is 80.6 cm³/mol. The van der Waals surface area contributed by atoms with Gasteiger partial charge in [-0.05, 0) is 32.9 Å². The number of likely N-dealkylation sites (tertiary alicyclic amines) is 1. The Labute approximate surface area is 120 Å². The molecule has 1 atom stereocenters. The Morgan fingerprint density at radius 3 is 2.95 bits per heavy atom. The van der Waals surface area contributed by atoms with Gasteiger partial charge >= 0.3 is 0 Å². The molecule has 112 valence electrons. The van der Waals surface area contributed by atoms with Crippen molar-refractivity contribution < 1.29 is 4.74 Å². The second-order valence-corrected chi connectivity index (χ2v) is 5.50. The zero-order valence-corrected chi connectivity index (χ0v) is 12.7. The van der Waals surface area contributed by atoms with E-state index in [0.29, 0.717) is 30.8 Å². The first kappa shape index (κ1) is 15.0. The lowest BCUT2D eigenvalue weighted by Crippen LogP contribution is -2.28. The van der Waals surface area contributed by atoms with Crippen LogP contribution in [0.5, 0.6) is 0 Å². The van der Waals surface area contributed by atoms with Crippen LogP contribution < -0.4 is 10.6 Å². The van der Waals surface area contributed by atoms with E-state index in [4.69, 9.17) is 10.5 Å². The second-order valence-electron chi connectivity index (χ2n) is 5.50. The fourth-order valence-electron chi connectivity index (χ4n) is 2.61. The molecule has 0 radical (unpaired) electrons. The van der Waals surface area contributed by atoms with E-state index >= 15 is 0 Å². The van der Waals surface area contributed by atoms with Gasteiger partial charge in [0, 0.05) is 32.8 Å². The van der Waals surface area contributed by atoms with E-state index in [9.17, 15) is 0 Å². The van der Waals surface area contributed by atoms with Crippen molar-refractivity contribution >= 4 is 11.6 Å². The summed E-state index contributed by atoms with van der Waals surface area (Å²) in [5, 5.41) is 0. The average Bonchev–Trinajstić information content (AvgIpc) is 2.81. The molecule has 0 aromatic carbocycles. The van der Waals surface area contributed by atoms with Crippen molar-refractivity contribution in [3.05, 3.63) is 11.9 Å². The quantitative estimate of drug-likeness (QED) is 0.837. The van der Waals surface area contributed by atoms with Gasteiger partial charge in [-0.3, -0.25) is 0 Å². The number of rotatable bonds is 6. The molecule has 0 spiro atoms. The molecule has 2 heterocycles. The molecular weight excluding hydrogens is 254 g/mol. The maximum Gasteiger partial charge on any atom is 0.158 e. The fourth-order valence-corrected chi connectivity index (χ4v) is 2.61. The van der Waals surface area contributed by atoms with Gasteiger partial charge in [-0.1, -0.05) is 0 Å². The molecule has 1 aromatic rings. The zero-order chi connectivity index (χ0) is 14.5. The summed E-state index contributed by atoms with van der Waals surface area (Å²) in [4.78, 5) is 13.3. The molecule has 20 heavy (non-hydrogen) atoms. The summed E-state index contributed by atoms with van der Waals surface area (Å²) in [6.45, 7) is 6.34. The third-order valence-corrected chi connectivity index (χ3v) is 3.63. The molecule has 1 unspecified atom stereocenters. The van der Waals surface area contributed by atoms with Crippen LogP contribution in [0.15, 0.2) is 6.07 Å². The molecule has 0 amide bonds. The van der Waals surface area contributed by atoms with Crippen LogP contribution in [0.1, 0.15) is 19.2 Å². The Morgan fingerprint density at radius 1 is 1.50 bits per heavy atom. The molecule has 2 rings (SSSR count). The molecule has 1 fully saturated rings. The Bertz CT molecular complexity index is 440. The van der Waals surface area contributed by atoms with Crippen LogP contribution in [-0.4, -0.2) is 55.2 Å². The smallest absolute Gasteiger partial charge is 0.158 e. The van der Waals surface area contributed by atoms with E-state index in [1.807, 2.05) is 13.0 Å². The molecule has 2 N–H and O–H groups in total. The van der Waals surface area contributed by atoms with Crippen molar-refractivity contribution in [3.8, 4) is 0 Å². The summed E-state index contributed by atoms with van der Waals surface area (Å²) >= 11 is 0. The molecule has 1 saturated heterocycles. The van der Waals surface area contributed by atoms with Crippen LogP contribution in [0.4, 0.5) is 11.6 Å². The minimum Gasteiger partial charge on any atom is -0.384 e. The van der Waals surface area contributed by atoms with Gasteiger partial charge in [-0.25, -0.2) is 9.97 Å². The summed E-state index contributed by atoms with van der Waals surface area (Å²) in [6, 6.07) is 1.83. The topological polar surface area (TPSA) is 67.5 Å². The van der Waals surface area contributed by atoms with Crippen LogP contribution in [-0.2, 0) is 11.3 Å². The first-order valence-electron chi connectivity index (χ1n) is 7.19.